The predicted molar refractivity (Wildman–Crippen MR) is 89.3 cm³/mol. The zero-order valence-electron chi connectivity index (χ0n) is 12.1. The van der Waals surface area contributed by atoms with Crippen molar-refractivity contribution in [3.05, 3.63) is 47.1 Å². The molecule has 1 fully saturated rings. The van der Waals surface area contributed by atoms with Gasteiger partial charge in [-0.05, 0) is 30.7 Å². The largest absolute Gasteiger partial charge is 0.396 e. The number of rotatable bonds is 2. The second-order valence-electron chi connectivity index (χ2n) is 5.38. The number of aryl methyl sites for hydroxylation is 1. The number of benzene rings is 1. The molecule has 1 saturated heterocycles. The van der Waals surface area contributed by atoms with Crippen LogP contribution in [0.3, 0.4) is 0 Å². The number of anilines is 3. The quantitative estimate of drug-likeness (QED) is 0.926. The van der Waals surface area contributed by atoms with E-state index in [0.717, 1.165) is 32.0 Å². The van der Waals surface area contributed by atoms with Crippen molar-refractivity contribution in [2.75, 3.05) is 41.7 Å². The zero-order chi connectivity index (χ0) is 14.8. The van der Waals surface area contributed by atoms with Crippen LogP contribution >= 0.6 is 11.6 Å². The van der Waals surface area contributed by atoms with Crippen molar-refractivity contribution in [3.63, 3.8) is 0 Å². The summed E-state index contributed by atoms with van der Waals surface area (Å²) in [7, 11) is 0. The van der Waals surface area contributed by atoms with E-state index in [4.69, 9.17) is 17.3 Å². The number of nitrogens with zero attached hydrogens (tertiary/aromatic N) is 3. The van der Waals surface area contributed by atoms with E-state index in [2.05, 4.69) is 46.0 Å². The summed E-state index contributed by atoms with van der Waals surface area (Å²) >= 11 is 5.90. The van der Waals surface area contributed by atoms with Gasteiger partial charge in [-0.2, -0.15) is 0 Å². The highest BCUT2D eigenvalue weighted by molar-refractivity contribution is 6.30. The summed E-state index contributed by atoms with van der Waals surface area (Å²) < 4.78 is 0. The van der Waals surface area contributed by atoms with Crippen molar-refractivity contribution in [2.45, 2.75) is 6.92 Å². The maximum Gasteiger partial charge on any atom is 0.151 e. The lowest BCUT2D eigenvalue weighted by molar-refractivity contribution is 0.648. The van der Waals surface area contributed by atoms with E-state index in [1.807, 2.05) is 0 Å². The molecule has 2 aromatic rings. The van der Waals surface area contributed by atoms with E-state index in [1.54, 1.807) is 12.3 Å². The van der Waals surface area contributed by atoms with Crippen molar-refractivity contribution >= 4 is 28.8 Å². The van der Waals surface area contributed by atoms with Gasteiger partial charge in [-0.25, -0.2) is 4.98 Å². The number of halogens is 1. The monoisotopic (exact) mass is 302 g/mol. The van der Waals surface area contributed by atoms with Gasteiger partial charge >= 0.3 is 0 Å². The summed E-state index contributed by atoms with van der Waals surface area (Å²) in [5, 5.41) is 0.578. The Morgan fingerprint density at radius 1 is 1.10 bits per heavy atom. The minimum absolute atomic E-state index is 0.578. The molecule has 1 aromatic carbocycles. The van der Waals surface area contributed by atoms with Gasteiger partial charge in [0.1, 0.15) is 0 Å². The van der Waals surface area contributed by atoms with E-state index in [-0.39, 0.29) is 0 Å². The molecule has 4 nitrogen and oxygen atoms in total. The maximum atomic E-state index is 6.02. The average Bonchev–Trinajstić information content (AvgIpc) is 2.47. The number of aromatic nitrogens is 1. The highest BCUT2D eigenvalue weighted by Gasteiger charge is 2.20. The fourth-order valence-corrected chi connectivity index (χ4v) is 2.88. The molecule has 2 heterocycles. The van der Waals surface area contributed by atoms with E-state index >= 15 is 0 Å². The normalized spacial score (nSPS) is 15.3. The number of hydrogen-bond donors (Lipinski definition) is 1. The molecular formula is C16H19ClN4. The molecule has 0 atom stereocenters. The molecule has 1 aliphatic rings. The molecule has 5 heteroatoms. The lowest BCUT2D eigenvalue weighted by atomic mass is 10.2. The summed E-state index contributed by atoms with van der Waals surface area (Å²) in [6.07, 6.45) is 1.65. The van der Waals surface area contributed by atoms with Gasteiger partial charge in [0.05, 0.1) is 10.7 Å². The van der Waals surface area contributed by atoms with Crippen LogP contribution in [0.25, 0.3) is 0 Å². The first-order valence-corrected chi connectivity index (χ1v) is 7.49. The Kier molecular flexibility index (Phi) is 3.88. The molecule has 0 bridgehead atoms. The topological polar surface area (TPSA) is 45.4 Å². The third-order valence-electron chi connectivity index (χ3n) is 3.81. The van der Waals surface area contributed by atoms with E-state index in [9.17, 15) is 0 Å². The fourth-order valence-electron chi connectivity index (χ4n) is 2.71. The zero-order valence-corrected chi connectivity index (χ0v) is 12.8. The molecule has 0 spiro atoms. The Morgan fingerprint density at radius 3 is 2.48 bits per heavy atom. The Balaban J connectivity index is 1.70. The summed E-state index contributed by atoms with van der Waals surface area (Å²) in [5.74, 6) is 0.836. The Hall–Kier alpha value is -1.94. The fraction of sp³-hybridized carbons (Fsp3) is 0.312. The molecule has 3 rings (SSSR count). The van der Waals surface area contributed by atoms with Crippen molar-refractivity contribution in [1.82, 2.24) is 4.98 Å². The van der Waals surface area contributed by atoms with Crippen molar-refractivity contribution in [2.24, 2.45) is 0 Å². The van der Waals surface area contributed by atoms with Crippen LogP contribution in [-0.4, -0.2) is 31.2 Å². The minimum Gasteiger partial charge on any atom is -0.396 e. The molecule has 2 N–H and O–H groups in total. The van der Waals surface area contributed by atoms with Crippen LogP contribution in [0.5, 0.6) is 0 Å². The standard InChI is InChI=1S/C16H19ClN4/c1-12-3-2-4-14(9-12)20-5-7-21(8-6-20)16-15(18)10-13(17)11-19-16/h2-4,9-11H,5-8,18H2,1H3. The van der Waals surface area contributed by atoms with Crippen molar-refractivity contribution in [1.29, 1.82) is 0 Å². The lowest BCUT2D eigenvalue weighted by Gasteiger charge is -2.37. The third kappa shape index (κ3) is 3.05. The molecule has 110 valence electrons. The number of nitrogens with two attached hydrogens (primary N) is 1. The van der Waals surface area contributed by atoms with Crippen molar-refractivity contribution in [3.8, 4) is 0 Å². The van der Waals surface area contributed by atoms with Gasteiger partial charge < -0.3 is 15.5 Å². The van der Waals surface area contributed by atoms with Gasteiger partial charge in [-0.3, -0.25) is 0 Å². The molecule has 21 heavy (non-hydrogen) atoms. The molecule has 1 aromatic heterocycles. The second kappa shape index (κ2) is 5.82. The first-order valence-electron chi connectivity index (χ1n) is 7.11. The first kappa shape index (κ1) is 14.0. The van der Waals surface area contributed by atoms with Crippen LogP contribution in [0.15, 0.2) is 36.5 Å². The molecular weight excluding hydrogens is 284 g/mol. The molecule has 0 unspecified atom stereocenters. The smallest absolute Gasteiger partial charge is 0.151 e. The second-order valence-corrected chi connectivity index (χ2v) is 5.82. The van der Waals surface area contributed by atoms with E-state index in [1.165, 1.54) is 11.3 Å². The van der Waals surface area contributed by atoms with Gasteiger partial charge in [-0.15, -0.1) is 0 Å². The van der Waals surface area contributed by atoms with Gasteiger partial charge in [0, 0.05) is 38.1 Å². The number of pyridine rings is 1. The van der Waals surface area contributed by atoms with Crippen LogP contribution in [0, 0.1) is 6.92 Å². The van der Waals surface area contributed by atoms with E-state index < -0.39 is 0 Å². The third-order valence-corrected chi connectivity index (χ3v) is 4.01. The van der Waals surface area contributed by atoms with Crippen LogP contribution in [0.2, 0.25) is 5.02 Å². The Labute approximate surface area is 130 Å². The summed E-state index contributed by atoms with van der Waals surface area (Å²) in [4.78, 5) is 8.98. The van der Waals surface area contributed by atoms with Gasteiger partial charge in [-0.1, -0.05) is 23.7 Å². The molecule has 0 saturated carbocycles. The van der Waals surface area contributed by atoms with Crippen LogP contribution in [0.4, 0.5) is 17.2 Å². The Bertz CT molecular complexity index is 636. The summed E-state index contributed by atoms with van der Waals surface area (Å²) in [6.45, 7) is 5.87. The van der Waals surface area contributed by atoms with Gasteiger partial charge in [0.15, 0.2) is 5.82 Å². The SMILES string of the molecule is Cc1cccc(N2CCN(c3ncc(Cl)cc3N)CC2)c1. The minimum atomic E-state index is 0.578. The Morgan fingerprint density at radius 2 is 1.81 bits per heavy atom. The molecule has 0 amide bonds. The summed E-state index contributed by atoms with van der Waals surface area (Å²) in [5.41, 5.74) is 9.23. The number of piperazine rings is 1. The van der Waals surface area contributed by atoms with Gasteiger partial charge in [0.25, 0.3) is 0 Å². The average molecular weight is 303 g/mol. The lowest BCUT2D eigenvalue weighted by Crippen LogP contribution is -2.47. The predicted octanol–water partition coefficient (Wildman–Crippen LogP) is 2.95. The van der Waals surface area contributed by atoms with Crippen LogP contribution in [-0.2, 0) is 0 Å². The number of nitrogen functional groups attached to an aromatic ring is 1. The molecule has 1 aliphatic heterocycles. The van der Waals surface area contributed by atoms with E-state index in [0.29, 0.717) is 10.7 Å². The van der Waals surface area contributed by atoms with Gasteiger partial charge in [0.2, 0.25) is 0 Å². The highest BCUT2D eigenvalue weighted by atomic mass is 35.5. The first-order chi connectivity index (χ1) is 10.1. The van der Waals surface area contributed by atoms with Crippen LogP contribution in [0.1, 0.15) is 5.56 Å². The molecule has 0 radical (unpaired) electrons. The van der Waals surface area contributed by atoms with Crippen LogP contribution < -0.4 is 15.5 Å². The summed E-state index contributed by atoms with van der Waals surface area (Å²) in [6, 6.07) is 10.4. The maximum absolute atomic E-state index is 6.02. The highest BCUT2D eigenvalue weighted by Crippen LogP contribution is 2.25. The van der Waals surface area contributed by atoms with Crippen molar-refractivity contribution < 1.29 is 0 Å². The number of hydrogen-bond acceptors (Lipinski definition) is 4. The molecule has 0 aliphatic carbocycles.